The smallest absolute Gasteiger partial charge is 0.281 e. The molecule has 3 N–H and O–H groups in total. The minimum atomic E-state index is -4.90. The van der Waals surface area contributed by atoms with Crippen LogP contribution in [-0.4, -0.2) is 46.9 Å². The Morgan fingerprint density at radius 3 is 2.14 bits per heavy atom. The summed E-state index contributed by atoms with van der Waals surface area (Å²) in [5, 5.41) is 5.93. The molecular formula is C24H22N2O7S2. The van der Waals surface area contributed by atoms with Crippen LogP contribution >= 0.6 is 0 Å². The number of carbonyl (C=O) groups is 1. The average Bonchev–Trinajstić information content (AvgIpc) is 3.02. The molecule has 2 aliphatic carbocycles. The molecule has 0 aromatic heterocycles. The van der Waals surface area contributed by atoms with Gasteiger partial charge in [0.2, 0.25) is 5.78 Å². The summed E-state index contributed by atoms with van der Waals surface area (Å²) in [5.41, 5.74) is 3.36. The quantitative estimate of drug-likeness (QED) is 0.415. The number of allylic oxidation sites excluding steroid dienone is 5. The van der Waals surface area contributed by atoms with Crippen molar-refractivity contribution < 1.29 is 30.7 Å². The Kier molecular flexibility index (Phi) is 5.92. The van der Waals surface area contributed by atoms with E-state index in [1.165, 1.54) is 37.3 Å². The molecule has 182 valence electrons. The monoisotopic (exact) mass is 514 g/mol. The molecule has 11 heteroatoms. The van der Waals surface area contributed by atoms with Crippen LogP contribution in [0.3, 0.4) is 0 Å². The standard InChI is InChI=1S/C24H22N2O7S2/c1-23(34(28,29)30)13-10-17-11-15-24(2,35(31,32)33)22(27)21(19(17)12-14-23)26-25-20-9-5-7-16-6-3-4-8-18(16)20/h3-15,25H,1-2H3,(H,28,29,30)(H,31,32,33)/b26-21-/t23?,24-/m0/s1. The molecule has 0 heterocycles. The van der Waals surface area contributed by atoms with E-state index in [-0.39, 0.29) is 16.9 Å². The second-order valence-corrected chi connectivity index (χ2v) is 12.2. The maximum atomic E-state index is 13.5. The minimum absolute atomic E-state index is 0.106. The van der Waals surface area contributed by atoms with E-state index in [1.807, 2.05) is 30.3 Å². The van der Waals surface area contributed by atoms with Crippen molar-refractivity contribution in [3.05, 3.63) is 90.1 Å². The van der Waals surface area contributed by atoms with E-state index in [1.54, 1.807) is 12.1 Å². The molecule has 4 rings (SSSR count). The zero-order chi connectivity index (χ0) is 25.6. The first-order valence-electron chi connectivity index (χ1n) is 10.4. The van der Waals surface area contributed by atoms with Crippen LogP contribution in [0.15, 0.2) is 95.2 Å². The molecule has 0 bridgehead atoms. The number of hydrogen-bond acceptors (Lipinski definition) is 7. The summed E-state index contributed by atoms with van der Waals surface area (Å²) in [6.45, 7) is 2.32. The molecule has 2 aromatic carbocycles. The van der Waals surface area contributed by atoms with Gasteiger partial charge in [-0.05, 0) is 30.9 Å². The van der Waals surface area contributed by atoms with Gasteiger partial charge in [-0.1, -0.05) is 72.9 Å². The number of nitrogens with zero attached hydrogens (tertiary/aromatic N) is 1. The van der Waals surface area contributed by atoms with Gasteiger partial charge < -0.3 is 0 Å². The highest BCUT2D eigenvalue weighted by Gasteiger charge is 2.48. The van der Waals surface area contributed by atoms with Gasteiger partial charge in [-0.2, -0.15) is 21.9 Å². The van der Waals surface area contributed by atoms with E-state index in [0.29, 0.717) is 5.69 Å². The first-order chi connectivity index (χ1) is 16.3. The highest BCUT2D eigenvalue weighted by atomic mass is 32.2. The summed E-state index contributed by atoms with van der Waals surface area (Å²) >= 11 is 0. The topological polar surface area (TPSA) is 150 Å². The number of rotatable bonds is 4. The van der Waals surface area contributed by atoms with Crippen molar-refractivity contribution in [3.8, 4) is 0 Å². The number of nitrogens with one attached hydrogen (secondary N) is 1. The predicted octanol–water partition coefficient (Wildman–Crippen LogP) is 3.46. The van der Waals surface area contributed by atoms with Gasteiger partial charge in [0.1, 0.15) is 10.5 Å². The molecule has 0 radical (unpaired) electrons. The van der Waals surface area contributed by atoms with Gasteiger partial charge in [0, 0.05) is 11.0 Å². The molecule has 35 heavy (non-hydrogen) atoms. The van der Waals surface area contributed by atoms with Crippen LogP contribution in [0.5, 0.6) is 0 Å². The highest BCUT2D eigenvalue weighted by Crippen LogP contribution is 2.33. The fraction of sp³-hybridized carbons (Fsp3) is 0.167. The van der Waals surface area contributed by atoms with Gasteiger partial charge in [0.05, 0.1) is 5.69 Å². The van der Waals surface area contributed by atoms with Crippen molar-refractivity contribution in [2.45, 2.75) is 23.3 Å². The van der Waals surface area contributed by atoms with E-state index in [2.05, 4.69) is 10.5 Å². The van der Waals surface area contributed by atoms with Crippen LogP contribution in [0, 0.1) is 0 Å². The van der Waals surface area contributed by atoms with E-state index in [9.17, 15) is 30.7 Å². The third-order valence-corrected chi connectivity index (χ3v) is 8.93. The van der Waals surface area contributed by atoms with Crippen molar-refractivity contribution in [1.82, 2.24) is 0 Å². The van der Waals surface area contributed by atoms with E-state index in [0.717, 1.165) is 23.8 Å². The molecule has 0 saturated carbocycles. The highest BCUT2D eigenvalue weighted by molar-refractivity contribution is 7.88. The van der Waals surface area contributed by atoms with Crippen LogP contribution in [0.2, 0.25) is 0 Å². The van der Waals surface area contributed by atoms with Gasteiger partial charge in [-0.3, -0.25) is 19.3 Å². The van der Waals surface area contributed by atoms with Gasteiger partial charge in [-0.15, -0.1) is 0 Å². The summed E-state index contributed by atoms with van der Waals surface area (Å²) in [5.74, 6) is -1.03. The number of anilines is 1. The van der Waals surface area contributed by atoms with Gasteiger partial charge in [0.25, 0.3) is 20.2 Å². The Morgan fingerprint density at radius 1 is 0.829 bits per heavy atom. The lowest BCUT2D eigenvalue weighted by atomic mass is 9.97. The maximum absolute atomic E-state index is 13.5. The second kappa shape index (κ2) is 8.38. The molecule has 0 amide bonds. The first kappa shape index (κ1) is 24.7. The Bertz CT molecular complexity index is 1610. The Labute approximate surface area is 202 Å². The van der Waals surface area contributed by atoms with Gasteiger partial charge >= 0.3 is 0 Å². The number of fused-ring (bicyclic) bond motifs is 1. The zero-order valence-corrected chi connectivity index (χ0v) is 20.3. The number of carbonyl (C=O) groups excluding carboxylic acids is 1. The Hall–Kier alpha value is -3.38. The molecule has 1 unspecified atom stereocenters. The number of benzene rings is 2. The van der Waals surface area contributed by atoms with Crippen LogP contribution in [-0.2, 0) is 25.0 Å². The largest absolute Gasteiger partial charge is 0.290 e. The summed E-state index contributed by atoms with van der Waals surface area (Å²) in [6.07, 6.45) is 7.32. The van der Waals surface area contributed by atoms with Gasteiger partial charge in [0.15, 0.2) is 4.75 Å². The summed E-state index contributed by atoms with van der Waals surface area (Å²) < 4.78 is 63.7. The molecular weight excluding hydrogens is 492 g/mol. The van der Waals surface area contributed by atoms with Crippen molar-refractivity contribution in [1.29, 1.82) is 0 Å². The predicted molar refractivity (Wildman–Crippen MR) is 134 cm³/mol. The molecule has 2 aliphatic rings. The fourth-order valence-corrected chi connectivity index (χ4v) is 4.76. The van der Waals surface area contributed by atoms with E-state index in [4.69, 9.17) is 0 Å². The number of hydrogen-bond donors (Lipinski definition) is 3. The van der Waals surface area contributed by atoms with Crippen LogP contribution in [0.1, 0.15) is 13.8 Å². The SMILES string of the molecule is CC1(S(=O)(=O)O)C=CC2=C(C=C1)/C(=N/Nc1cccc3ccccc13)C(=O)[C@@](C)(S(=O)(=O)O)C=C2. The number of Topliss-reactive ketones (excluding diaryl/α,β-unsaturated/α-hetero) is 1. The normalized spacial score (nSPS) is 26.1. The molecule has 9 nitrogen and oxygen atoms in total. The van der Waals surface area contributed by atoms with E-state index < -0.39 is 35.5 Å². The van der Waals surface area contributed by atoms with Crippen molar-refractivity contribution >= 4 is 48.2 Å². The van der Waals surface area contributed by atoms with Gasteiger partial charge in [-0.25, -0.2) is 0 Å². The molecule has 0 spiro atoms. The van der Waals surface area contributed by atoms with E-state index >= 15 is 0 Å². The van der Waals surface area contributed by atoms with Crippen LogP contribution in [0.4, 0.5) is 5.69 Å². The third-order valence-electron chi connectivity index (χ3n) is 6.16. The number of ketones is 1. The zero-order valence-electron chi connectivity index (χ0n) is 18.7. The Morgan fingerprint density at radius 2 is 1.46 bits per heavy atom. The van der Waals surface area contributed by atoms with Crippen LogP contribution in [0.25, 0.3) is 10.8 Å². The lowest BCUT2D eigenvalue weighted by Gasteiger charge is -2.21. The molecule has 0 fully saturated rings. The lowest BCUT2D eigenvalue weighted by Crippen LogP contribution is -2.45. The van der Waals surface area contributed by atoms with Crippen molar-refractivity contribution in [2.24, 2.45) is 5.10 Å². The van der Waals surface area contributed by atoms with Crippen molar-refractivity contribution in [2.75, 3.05) is 5.43 Å². The minimum Gasteiger partial charge on any atom is -0.290 e. The Balaban J connectivity index is 1.91. The third kappa shape index (κ3) is 4.27. The first-order valence-corrected chi connectivity index (χ1v) is 13.3. The molecule has 0 aliphatic heterocycles. The lowest BCUT2D eigenvalue weighted by molar-refractivity contribution is -0.113. The fourth-order valence-electron chi connectivity index (χ4n) is 3.71. The number of hydrazone groups is 1. The molecule has 0 saturated heterocycles. The van der Waals surface area contributed by atoms with Crippen LogP contribution < -0.4 is 5.43 Å². The summed E-state index contributed by atoms with van der Waals surface area (Å²) in [4.78, 5) is 13.5. The molecule has 2 atom stereocenters. The van der Waals surface area contributed by atoms with Crippen molar-refractivity contribution in [3.63, 3.8) is 0 Å². The summed E-state index contributed by atoms with van der Waals surface area (Å²) in [7, 11) is -9.46. The maximum Gasteiger partial charge on any atom is 0.281 e. The average molecular weight is 515 g/mol. The summed E-state index contributed by atoms with van der Waals surface area (Å²) in [6, 6.07) is 12.8. The second-order valence-electron chi connectivity index (χ2n) is 8.54. The molecule has 2 aromatic rings.